The number of anilines is 1. The molecule has 5 heteroatoms. The molecular formula is C17H18ClNOS2. The number of nitrogens with one attached hydrogen (secondary N) is 1. The van der Waals surface area contributed by atoms with E-state index in [9.17, 15) is 4.79 Å². The monoisotopic (exact) mass is 351 g/mol. The second-order valence-electron chi connectivity index (χ2n) is 4.69. The molecule has 0 saturated carbocycles. The molecule has 2 aromatic rings. The molecule has 22 heavy (non-hydrogen) atoms. The highest BCUT2D eigenvalue weighted by molar-refractivity contribution is 7.99. The van der Waals surface area contributed by atoms with Gasteiger partial charge in [0.1, 0.15) is 0 Å². The van der Waals surface area contributed by atoms with E-state index < -0.39 is 0 Å². The van der Waals surface area contributed by atoms with E-state index in [-0.39, 0.29) is 5.91 Å². The largest absolute Gasteiger partial charge is 0.326 e. The number of amides is 1. The maximum atomic E-state index is 11.9. The Morgan fingerprint density at radius 3 is 2.64 bits per heavy atom. The highest BCUT2D eigenvalue weighted by atomic mass is 35.5. The molecule has 0 heterocycles. The summed E-state index contributed by atoms with van der Waals surface area (Å²) in [6.45, 7) is 0. The van der Waals surface area contributed by atoms with Gasteiger partial charge in [-0.3, -0.25) is 4.79 Å². The molecule has 0 unspecified atom stereocenters. The van der Waals surface area contributed by atoms with Gasteiger partial charge in [-0.05, 0) is 60.9 Å². The molecule has 0 aliphatic carbocycles. The van der Waals surface area contributed by atoms with Crippen molar-refractivity contribution in [2.75, 3.05) is 17.3 Å². The lowest BCUT2D eigenvalue weighted by atomic mass is 10.3. The van der Waals surface area contributed by atoms with Gasteiger partial charge >= 0.3 is 0 Å². The third kappa shape index (κ3) is 5.95. The first-order chi connectivity index (χ1) is 10.7. The number of benzene rings is 2. The number of hydrogen-bond donors (Lipinski definition) is 1. The van der Waals surface area contributed by atoms with Crippen molar-refractivity contribution in [1.82, 2.24) is 0 Å². The molecule has 0 fully saturated rings. The highest BCUT2D eigenvalue weighted by Gasteiger charge is 2.03. The standard InChI is InChI=1S/C17H18ClNOS2/c1-21-16-5-2-4-14(12-16)19-17(20)6-3-11-22-15-9-7-13(18)8-10-15/h2,4-5,7-10,12H,3,6,11H2,1H3,(H,19,20). The summed E-state index contributed by atoms with van der Waals surface area (Å²) in [5.41, 5.74) is 0.863. The number of halogens is 1. The molecule has 0 aliphatic heterocycles. The number of rotatable bonds is 7. The van der Waals surface area contributed by atoms with Crippen LogP contribution in [-0.2, 0) is 4.79 Å². The summed E-state index contributed by atoms with van der Waals surface area (Å²) in [6.07, 6.45) is 3.40. The van der Waals surface area contributed by atoms with Crippen molar-refractivity contribution in [2.24, 2.45) is 0 Å². The normalized spacial score (nSPS) is 10.5. The van der Waals surface area contributed by atoms with Crippen molar-refractivity contribution in [3.63, 3.8) is 0 Å². The smallest absolute Gasteiger partial charge is 0.224 e. The molecule has 0 radical (unpaired) electrons. The van der Waals surface area contributed by atoms with Crippen LogP contribution < -0.4 is 5.32 Å². The van der Waals surface area contributed by atoms with Gasteiger partial charge in [0.2, 0.25) is 5.91 Å². The third-order valence-electron chi connectivity index (χ3n) is 2.98. The lowest BCUT2D eigenvalue weighted by Gasteiger charge is -2.06. The quantitative estimate of drug-likeness (QED) is 0.522. The van der Waals surface area contributed by atoms with E-state index in [1.807, 2.05) is 54.8 Å². The summed E-state index contributed by atoms with van der Waals surface area (Å²) >= 11 is 9.26. The first kappa shape index (κ1) is 17.3. The molecule has 1 amide bonds. The molecule has 2 rings (SSSR count). The highest BCUT2D eigenvalue weighted by Crippen LogP contribution is 2.22. The van der Waals surface area contributed by atoms with Crippen molar-refractivity contribution < 1.29 is 4.79 Å². The van der Waals surface area contributed by atoms with Gasteiger partial charge in [0.05, 0.1) is 0 Å². The van der Waals surface area contributed by atoms with Crippen LogP contribution in [0.25, 0.3) is 0 Å². The number of hydrogen-bond acceptors (Lipinski definition) is 3. The molecule has 2 aromatic carbocycles. The summed E-state index contributed by atoms with van der Waals surface area (Å²) in [7, 11) is 0. The number of thioether (sulfide) groups is 2. The Hall–Kier alpha value is -1.10. The summed E-state index contributed by atoms with van der Waals surface area (Å²) in [4.78, 5) is 14.3. The van der Waals surface area contributed by atoms with E-state index in [4.69, 9.17) is 11.6 Å². The van der Waals surface area contributed by atoms with Gasteiger partial charge < -0.3 is 5.32 Å². The van der Waals surface area contributed by atoms with E-state index in [1.54, 1.807) is 23.5 Å². The molecule has 0 aromatic heterocycles. The van der Waals surface area contributed by atoms with Crippen molar-refractivity contribution >= 4 is 46.7 Å². The molecule has 116 valence electrons. The first-order valence-electron chi connectivity index (χ1n) is 6.99. The Bertz CT molecular complexity index is 616. The Balaban J connectivity index is 1.70. The van der Waals surface area contributed by atoms with Crippen LogP contribution in [0, 0.1) is 0 Å². The van der Waals surface area contributed by atoms with Crippen molar-refractivity contribution in [2.45, 2.75) is 22.6 Å². The molecule has 0 atom stereocenters. The van der Waals surface area contributed by atoms with E-state index >= 15 is 0 Å². The van der Waals surface area contributed by atoms with Gasteiger partial charge in [-0.15, -0.1) is 23.5 Å². The zero-order valence-electron chi connectivity index (χ0n) is 12.3. The molecule has 0 saturated heterocycles. The van der Waals surface area contributed by atoms with E-state index in [0.717, 1.165) is 27.8 Å². The topological polar surface area (TPSA) is 29.1 Å². The fraction of sp³-hybridized carbons (Fsp3) is 0.235. The van der Waals surface area contributed by atoms with Crippen LogP contribution in [-0.4, -0.2) is 17.9 Å². The Morgan fingerprint density at radius 1 is 1.14 bits per heavy atom. The molecular weight excluding hydrogens is 334 g/mol. The Kier molecular flexibility index (Phi) is 7.16. The predicted molar refractivity (Wildman–Crippen MR) is 98.3 cm³/mol. The lowest BCUT2D eigenvalue weighted by molar-refractivity contribution is -0.116. The van der Waals surface area contributed by atoms with Crippen LogP contribution in [0.1, 0.15) is 12.8 Å². The SMILES string of the molecule is CSc1cccc(NC(=O)CCCSc2ccc(Cl)cc2)c1. The van der Waals surface area contributed by atoms with Crippen molar-refractivity contribution in [3.8, 4) is 0 Å². The second-order valence-corrected chi connectivity index (χ2v) is 7.17. The van der Waals surface area contributed by atoms with E-state index in [2.05, 4.69) is 5.32 Å². The molecule has 0 aliphatic rings. The van der Waals surface area contributed by atoms with Gasteiger partial charge in [0.25, 0.3) is 0 Å². The fourth-order valence-corrected chi connectivity index (χ4v) is 3.32. The summed E-state index contributed by atoms with van der Waals surface area (Å²) in [6, 6.07) is 15.7. The minimum absolute atomic E-state index is 0.0648. The second kappa shape index (κ2) is 9.13. The number of carbonyl (C=O) groups is 1. The fourth-order valence-electron chi connectivity index (χ4n) is 1.88. The zero-order chi connectivity index (χ0) is 15.8. The molecule has 0 bridgehead atoms. The summed E-state index contributed by atoms with van der Waals surface area (Å²) in [5, 5.41) is 3.69. The first-order valence-corrected chi connectivity index (χ1v) is 9.58. The van der Waals surface area contributed by atoms with Gasteiger partial charge in [-0.2, -0.15) is 0 Å². The third-order valence-corrected chi connectivity index (χ3v) is 5.06. The van der Waals surface area contributed by atoms with Crippen LogP contribution >= 0.6 is 35.1 Å². The zero-order valence-corrected chi connectivity index (χ0v) is 14.7. The maximum Gasteiger partial charge on any atom is 0.224 e. The Labute approximate surface area is 145 Å². The molecule has 2 nitrogen and oxygen atoms in total. The Morgan fingerprint density at radius 2 is 1.91 bits per heavy atom. The average molecular weight is 352 g/mol. The summed E-state index contributed by atoms with van der Waals surface area (Å²) in [5.74, 6) is 0.981. The minimum Gasteiger partial charge on any atom is -0.326 e. The number of carbonyl (C=O) groups excluding carboxylic acids is 1. The lowest BCUT2D eigenvalue weighted by Crippen LogP contribution is -2.11. The maximum absolute atomic E-state index is 11.9. The molecule has 1 N–H and O–H groups in total. The average Bonchev–Trinajstić information content (AvgIpc) is 2.53. The van der Waals surface area contributed by atoms with Crippen LogP contribution in [0.4, 0.5) is 5.69 Å². The van der Waals surface area contributed by atoms with Gasteiger partial charge in [0.15, 0.2) is 0 Å². The van der Waals surface area contributed by atoms with Crippen molar-refractivity contribution in [1.29, 1.82) is 0 Å². The predicted octanol–water partition coefficient (Wildman–Crippen LogP) is 5.57. The minimum atomic E-state index is 0.0648. The van der Waals surface area contributed by atoms with Crippen LogP contribution in [0.15, 0.2) is 58.3 Å². The van der Waals surface area contributed by atoms with Crippen molar-refractivity contribution in [3.05, 3.63) is 53.6 Å². The van der Waals surface area contributed by atoms with Gasteiger partial charge in [0, 0.05) is 26.9 Å². The van der Waals surface area contributed by atoms with E-state index in [1.165, 1.54) is 4.90 Å². The summed E-state index contributed by atoms with van der Waals surface area (Å²) < 4.78 is 0. The van der Waals surface area contributed by atoms with Crippen LogP contribution in [0.5, 0.6) is 0 Å². The van der Waals surface area contributed by atoms with Crippen LogP contribution in [0.2, 0.25) is 5.02 Å². The van der Waals surface area contributed by atoms with Crippen LogP contribution in [0.3, 0.4) is 0 Å². The van der Waals surface area contributed by atoms with Gasteiger partial charge in [-0.25, -0.2) is 0 Å². The molecule has 0 spiro atoms. The van der Waals surface area contributed by atoms with E-state index in [0.29, 0.717) is 6.42 Å². The van der Waals surface area contributed by atoms with Gasteiger partial charge in [-0.1, -0.05) is 17.7 Å².